The molecule has 302 valence electrons. The van der Waals surface area contributed by atoms with Crippen molar-refractivity contribution in [3.63, 3.8) is 0 Å². The SMILES string of the molecule is c1ccc(-c2nc(-c3ccccc3)nc(-c3cccc(-n4c5ccccc5c5cc(-c6ccc7c(c6)N(c6ccccc6)P(c6ccccc6)N7c6ccccc6)ccc54)c3)n2)cc1. The summed E-state index contributed by atoms with van der Waals surface area (Å²) in [6.07, 6.45) is 0. The number of rotatable bonds is 8. The second-order valence-electron chi connectivity index (χ2n) is 15.8. The van der Waals surface area contributed by atoms with Crippen molar-refractivity contribution in [3.8, 4) is 51.0 Å². The lowest BCUT2D eigenvalue weighted by molar-refractivity contribution is 1.07. The van der Waals surface area contributed by atoms with E-state index in [2.05, 4.69) is 190 Å². The average molecular weight is 839 g/mol. The first kappa shape index (κ1) is 37.6. The van der Waals surface area contributed by atoms with Gasteiger partial charge >= 0.3 is 0 Å². The van der Waals surface area contributed by atoms with Gasteiger partial charge in [0.15, 0.2) is 17.5 Å². The maximum Gasteiger partial charge on any atom is 0.164 e. The monoisotopic (exact) mass is 838 g/mol. The van der Waals surface area contributed by atoms with E-state index in [1.165, 1.54) is 38.8 Å². The molecule has 0 radical (unpaired) electrons. The minimum atomic E-state index is -0.999. The second kappa shape index (κ2) is 15.9. The lowest BCUT2D eigenvalue weighted by Crippen LogP contribution is -2.21. The van der Waals surface area contributed by atoms with Crippen molar-refractivity contribution in [2.24, 2.45) is 0 Å². The molecule has 9 aromatic carbocycles. The predicted molar refractivity (Wildman–Crippen MR) is 266 cm³/mol. The number of benzene rings is 9. The van der Waals surface area contributed by atoms with Crippen LogP contribution in [-0.4, -0.2) is 19.5 Å². The number of fused-ring (bicyclic) bond motifs is 4. The summed E-state index contributed by atoms with van der Waals surface area (Å²) in [5.41, 5.74) is 13.1. The van der Waals surface area contributed by atoms with E-state index in [-0.39, 0.29) is 0 Å². The van der Waals surface area contributed by atoms with Crippen molar-refractivity contribution in [1.29, 1.82) is 0 Å². The van der Waals surface area contributed by atoms with Crippen LogP contribution in [0.2, 0.25) is 0 Å². The predicted octanol–water partition coefficient (Wildman–Crippen LogP) is 14.6. The van der Waals surface area contributed by atoms with E-state index in [9.17, 15) is 0 Å². The van der Waals surface area contributed by atoms with Crippen LogP contribution in [0.5, 0.6) is 0 Å². The van der Waals surface area contributed by atoms with E-state index in [0.29, 0.717) is 17.5 Å². The number of aromatic nitrogens is 4. The van der Waals surface area contributed by atoms with Crippen molar-refractivity contribution in [2.75, 3.05) is 9.34 Å². The smallest absolute Gasteiger partial charge is 0.164 e. The highest BCUT2D eigenvalue weighted by Gasteiger charge is 2.40. The zero-order valence-electron chi connectivity index (χ0n) is 34.6. The Balaban J connectivity index is 0.985. The maximum atomic E-state index is 5.05. The van der Waals surface area contributed by atoms with Gasteiger partial charge in [0, 0.05) is 49.8 Å². The van der Waals surface area contributed by atoms with Crippen LogP contribution in [0, 0.1) is 0 Å². The number of anilines is 4. The average Bonchev–Trinajstić information content (AvgIpc) is 3.90. The first-order valence-corrected chi connectivity index (χ1v) is 22.7. The topological polar surface area (TPSA) is 50.1 Å². The molecule has 0 bridgehead atoms. The number of hydrogen-bond acceptors (Lipinski definition) is 5. The largest absolute Gasteiger partial charge is 0.309 e. The molecule has 3 heterocycles. The first-order valence-electron chi connectivity index (χ1n) is 21.5. The number of para-hydroxylation sites is 3. The molecule has 6 nitrogen and oxygen atoms in total. The molecule has 0 spiro atoms. The fraction of sp³-hybridized carbons (Fsp3) is 0. The summed E-state index contributed by atoms with van der Waals surface area (Å²) < 4.78 is 7.44. The van der Waals surface area contributed by atoms with Crippen molar-refractivity contribution in [2.45, 2.75) is 0 Å². The van der Waals surface area contributed by atoms with Crippen molar-refractivity contribution in [3.05, 3.63) is 237 Å². The third kappa shape index (κ3) is 6.60. The molecule has 0 aliphatic carbocycles. The summed E-state index contributed by atoms with van der Waals surface area (Å²) in [4.78, 5) is 15.0. The number of nitrogens with zero attached hydrogens (tertiary/aromatic N) is 6. The van der Waals surface area contributed by atoms with Crippen LogP contribution in [0.4, 0.5) is 22.7 Å². The van der Waals surface area contributed by atoms with Crippen LogP contribution in [0.3, 0.4) is 0 Å². The van der Waals surface area contributed by atoms with Crippen LogP contribution >= 0.6 is 8.22 Å². The van der Waals surface area contributed by atoms with Crippen molar-refractivity contribution < 1.29 is 0 Å². The molecule has 12 rings (SSSR count). The van der Waals surface area contributed by atoms with Gasteiger partial charge in [-0.1, -0.05) is 170 Å². The summed E-state index contributed by atoms with van der Waals surface area (Å²) in [7, 11) is -0.999. The highest BCUT2D eigenvalue weighted by molar-refractivity contribution is 7.70. The molecule has 1 unspecified atom stereocenters. The molecule has 2 aromatic heterocycles. The summed E-state index contributed by atoms with van der Waals surface area (Å²) in [5.74, 6) is 1.91. The molecular formula is C57H39N6P. The van der Waals surface area contributed by atoms with Gasteiger partial charge in [0.1, 0.15) is 8.22 Å². The van der Waals surface area contributed by atoms with Crippen molar-refractivity contribution >= 4 is 58.1 Å². The summed E-state index contributed by atoms with van der Waals surface area (Å²) in [5, 5.41) is 3.66. The van der Waals surface area contributed by atoms with E-state index in [1.54, 1.807) is 0 Å². The van der Waals surface area contributed by atoms with Crippen LogP contribution in [0.1, 0.15) is 0 Å². The van der Waals surface area contributed by atoms with Crippen LogP contribution in [-0.2, 0) is 0 Å². The van der Waals surface area contributed by atoms with Gasteiger partial charge in [-0.05, 0) is 77.9 Å². The molecule has 0 saturated carbocycles. The molecule has 1 aliphatic rings. The Labute approximate surface area is 372 Å². The Bertz CT molecular complexity index is 3390. The Morgan fingerprint density at radius 2 is 0.766 bits per heavy atom. The normalized spacial score (nSPS) is 13.4. The van der Waals surface area contributed by atoms with E-state index < -0.39 is 8.22 Å². The van der Waals surface area contributed by atoms with Crippen LogP contribution in [0.15, 0.2) is 237 Å². The molecule has 0 amide bonds. The van der Waals surface area contributed by atoms with Gasteiger partial charge in [-0.25, -0.2) is 15.0 Å². The fourth-order valence-corrected chi connectivity index (χ4v) is 11.4. The fourth-order valence-electron chi connectivity index (χ4n) is 8.93. The molecule has 0 N–H and O–H groups in total. The highest BCUT2D eigenvalue weighted by Crippen LogP contribution is 2.65. The van der Waals surface area contributed by atoms with Gasteiger partial charge in [0.2, 0.25) is 0 Å². The zero-order chi connectivity index (χ0) is 42.4. The third-order valence-electron chi connectivity index (χ3n) is 11.9. The molecule has 1 atom stereocenters. The molecule has 0 saturated heterocycles. The molecule has 64 heavy (non-hydrogen) atoms. The summed E-state index contributed by atoms with van der Waals surface area (Å²) in [6, 6.07) is 83.9. The number of hydrogen-bond donors (Lipinski definition) is 0. The second-order valence-corrected chi connectivity index (χ2v) is 17.7. The highest BCUT2D eigenvalue weighted by atomic mass is 31.1. The van der Waals surface area contributed by atoms with Gasteiger partial charge in [-0.2, -0.15) is 0 Å². The molecule has 11 aromatic rings. The summed E-state index contributed by atoms with van der Waals surface area (Å²) >= 11 is 0. The van der Waals surface area contributed by atoms with Gasteiger partial charge in [0.25, 0.3) is 0 Å². The van der Waals surface area contributed by atoms with Gasteiger partial charge in [-0.15, -0.1) is 0 Å². The Morgan fingerprint density at radius 1 is 0.297 bits per heavy atom. The zero-order valence-corrected chi connectivity index (χ0v) is 35.5. The Hall–Kier alpha value is -8.18. The first-order chi connectivity index (χ1) is 31.7. The van der Waals surface area contributed by atoms with Crippen LogP contribution < -0.4 is 14.6 Å². The lowest BCUT2D eigenvalue weighted by Gasteiger charge is -2.32. The molecule has 0 fully saturated rings. The van der Waals surface area contributed by atoms with Gasteiger partial charge in [-0.3, -0.25) is 9.34 Å². The quantitative estimate of drug-likeness (QED) is 0.143. The van der Waals surface area contributed by atoms with Gasteiger partial charge < -0.3 is 4.57 Å². The minimum Gasteiger partial charge on any atom is -0.309 e. The van der Waals surface area contributed by atoms with E-state index >= 15 is 0 Å². The third-order valence-corrected chi connectivity index (χ3v) is 14.3. The summed E-state index contributed by atoms with van der Waals surface area (Å²) in [6.45, 7) is 0. The van der Waals surface area contributed by atoms with E-state index in [0.717, 1.165) is 44.5 Å². The minimum absolute atomic E-state index is 0.625. The maximum absolute atomic E-state index is 5.05. The van der Waals surface area contributed by atoms with Crippen LogP contribution in [0.25, 0.3) is 72.8 Å². The Morgan fingerprint density at radius 3 is 1.41 bits per heavy atom. The molecule has 7 heteroatoms. The van der Waals surface area contributed by atoms with E-state index in [1.807, 2.05) is 60.7 Å². The van der Waals surface area contributed by atoms with E-state index in [4.69, 9.17) is 15.0 Å². The standard InChI is InChI=1S/C57H39N6P/c1-6-19-40(20-7-1)55-58-56(41-21-8-2-9-22-41)60-57(59-55)44-23-18-28-47(37-44)61-51-32-17-16-31-49(51)50-38-42(33-35-52(50)61)43-34-36-53-54(39-43)63(46-26-12-4-13-27-46)64(48-29-14-5-15-30-48)62(53)45-24-10-3-11-25-45/h1-39H. The van der Waals surface area contributed by atoms with Gasteiger partial charge in [0.05, 0.1) is 22.4 Å². The molecular weight excluding hydrogens is 800 g/mol. The molecule has 1 aliphatic heterocycles. The van der Waals surface area contributed by atoms with Crippen molar-refractivity contribution in [1.82, 2.24) is 19.5 Å². The lowest BCUT2D eigenvalue weighted by atomic mass is 10.0. The Kier molecular flexibility index (Phi) is 9.36.